The molecule has 1 aromatic rings. The molecular formula is C13H17NO2S. The van der Waals surface area contributed by atoms with E-state index in [4.69, 9.17) is 0 Å². The number of aliphatic hydroxyl groups is 1. The van der Waals surface area contributed by atoms with Crippen LogP contribution in [0.25, 0.3) is 0 Å². The van der Waals surface area contributed by atoms with Crippen LogP contribution in [0.5, 0.6) is 0 Å². The number of anilines is 1. The van der Waals surface area contributed by atoms with Gasteiger partial charge in [0, 0.05) is 24.7 Å². The van der Waals surface area contributed by atoms with Gasteiger partial charge in [0.1, 0.15) is 5.76 Å². The normalized spacial score (nSPS) is 12.0. The third kappa shape index (κ3) is 3.82. The number of rotatable bonds is 4. The predicted octanol–water partition coefficient (Wildman–Crippen LogP) is 3.22. The van der Waals surface area contributed by atoms with Crippen molar-refractivity contribution in [1.82, 2.24) is 0 Å². The van der Waals surface area contributed by atoms with Gasteiger partial charge >= 0.3 is 0 Å². The molecule has 0 spiro atoms. The fourth-order valence-electron chi connectivity index (χ4n) is 1.33. The summed E-state index contributed by atoms with van der Waals surface area (Å²) in [6, 6.07) is 7.83. The van der Waals surface area contributed by atoms with Crippen molar-refractivity contribution < 1.29 is 9.90 Å². The Labute approximate surface area is 106 Å². The van der Waals surface area contributed by atoms with Crippen LogP contribution in [0.2, 0.25) is 0 Å². The molecule has 0 amide bonds. The number of ketones is 1. The van der Waals surface area contributed by atoms with Gasteiger partial charge in [-0.15, -0.1) is 0 Å². The Bertz CT molecular complexity index is 431. The Morgan fingerprint density at radius 1 is 1.18 bits per heavy atom. The third-order valence-electron chi connectivity index (χ3n) is 2.22. The molecule has 0 aromatic heterocycles. The molecule has 0 aliphatic heterocycles. The topological polar surface area (TPSA) is 40.5 Å². The highest BCUT2D eigenvalue weighted by Crippen LogP contribution is 2.30. The van der Waals surface area contributed by atoms with Crippen LogP contribution in [0.4, 0.5) is 5.69 Å². The summed E-state index contributed by atoms with van der Waals surface area (Å²) < 4.78 is 0. The van der Waals surface area contributed by atoms with E-state index in [-0.39, 0.29) is 11.5 Å². The number of hydrogen-bond acceptors (Lipinski definition) is 4. The first-order valence-corrected chi connectivity index (χ1v) is 6.09. The number of aliphatic hydroxyl groups excluding tert-OH is 1. The van der Waals surface area contributed by atoms with Crippen molar-refractivity contribution in [1.29, 1.82) is 0 Å². The summed E-state index contributed by atoms with van der Waals surface area (Å²) in [6.45, 7) is 2.98. The summed E-state index contributed by atoms with van der Waals surface area (Å²) in [6.07, 6.45) is 0. The molecule has 0 fully saturated rings. The second-order valence-corrected chi connectivity index (χ2v) is 5.04. The average molecular weight is 251 g/mol. The maximum Gasteiger partial charge on any atom is 0.169 e. The summed E-state index contributed by atoms with van der Waals surface area (Å²) in [7, 11) is 3.95. The monoisotopic (exact) mass is 251 g/mol. The van der Waals surface area contributed by atoms with Gasteiger partial charge in [0.15, 0.2) is 5.78 Å². The predicted molar refractivity (Wildman–Crippen MR) is 72.6 cm³/mol. The molecule has 0 atom stereocenters. The van der Waals surface area contributed by atoms with Gasteiger partial charge in [0.05, 0.1) is 4.91 Å². The maximum atomic E-state index is 11.3. The van der Waals surface area contributed by atoms with E-state index < -0.39 is 0 Å². The van der Waals surface area contributed by atoms with E-state index in [0.717, 1.165) is 10.6 Å². The standard InChI is InChI=1S/C13H17NO2S/c1-9(15)13(10(2)16)17-12-7-5-11(6-8-12)14(3)4/h5-8,15H,1-4H3/b13-9+. The zero-order valence-corrected chi connectivity index (χ0v) is 11.3. The van der Waals surface area contributed by atoms with Gasteiger partial charge in [-0.05, 0) is 38.1 Å². The van der Waals surface area contributed by atoms with E-state index >= 15 is 0 Å². The lowest BCUT2D eigenvalue weighted by Gasteiger charge is -2.12. The van der Waals surface area contributed by atoms with Crippen molar-refractivity contribution in [3.8, 4) is 0 Å². The molecule has 0 bridgehead atoms. The van der Waals surface area contributed by atoms with E-state index in [9.17, 15) is 9.90 Å². The van der Waals surface area contributed by atoms with E-state index in [0.29, 0.717) is 4.91 Å². The number of Topliss-reactive ketones (excluding diaryl/α,β-unsaturated/α-hetero) is 1. The fourth-order valence-corrected chi connectivity index (χ4v) is 2.13. The summed E-state index contributed by atoms with van der Waals surface area (Å²) >= 11 is 1.29. The Balaban J connectivity index is 2.89. The minimum absolute atomic E-state index is 0.0687. The van der Waals surface area contributed by atoms with E-state index in [1.165, 1.54) is 25.6 Å². The van der Waals surface area contributed by atoms with Crippen LogP contribution < -0.4 is 4.90 Å². The Kier molecular flexibility index (Phi) is 4.63. The van der Waals surface area contributed by atoms with Crippen LogP contribution in [0.15, 0.2) is 39.8 Å². The zero-order chi connectivity index (χ0) is 13.0. The minimum atomic E-state index is -0.119. The summed E-state index contributed by atoms with van der Waals surface area (Å²) in [4.78, 5) is 14.7. The number of thioether (sulfide) groups is 1. The largest absolute Gasteiger partial charge is 0.511 e. The first kappa shape index (κ1) is 13.6. The summed E-state index contributed by atoms with van der Waals surface area (Å²) in [5, 5.41) is 9.42. The Hall–Kier alpha value is -1.42. The zero-order valence-electron chi connectivity index (χ0n) is 10.5. The van der Waals surface area contributed by atoms with Crippen molar-refractivity contribution in [2.24, 2.45) is 0 Å². The quantitative estimate of drug-likeness (QED) is 0.507. The first-order valence-electron chi connectivity index (χ1n) is 5.28. The maximum absolute atomic E-state index is 11.3. The van der Waals surface area contributed by atoms with Crippen LogP contribution in [0, 0.1) is 0 Å². The van der Waals surface area contributed by atoms with Gasteiger partial charge in [0.2, 0.25) is 0 Å². The highest BCUT2D eigenvalue weighted by atomic mass is 32.2. The van der Waals surface area contributed by atoms with Crippen LogP contribution in [0.1, 0.15) is 13.8 Å². The van der Waals surface area contributed by atoms with Crippen molar-refractivity contribution in [2.45, 2.75) is 18.7 Å². The smallest absolute Gasteiger partial charge is 0.169 e. The molecule has 0 heterocycles. The van der Waals surface area contributed by atoms with Gasteiger partial charge in [-0.2, -0.15) is 0 Å². The van der Waals surface area contributed by atoms with E-state index in [1.807, 2.05) is 43.3 Å². The fraction of sp³-hybridized carbons (Fsp3) is 0.308. The molecule has 0 saturated carbocycles. The molecule has 3 nitrogen and oxygen atoms in total. The lowest BCUT2D eigenvalue weighted by atomic mass is 10.3. The van der Waals surface area contributed by atoms with Crippen molar-refractivity contribution in [3.05, 3.63) is 34.9 Å². The second kappa shape index (κ2) is 5.77. The lowest BCUT2D eigenvalue weighted by molar-refractivity contribution is -0.113. The number of nitrogens with zero attached hydrogens (tertiary/aromatic N) is 1. The molecule has 17 heavy (non-hydrogen) atoms. The molecule has 0 unspecified atom stereocenters. The number of benzene rings is 1. The van der Waals surface area contributed by atoms with Crippen molar-refractivity contribution in [2.75, 3.05) is 19.0 Å². The van der Waals surface area contributed by atoms with Crippen molar-refractivity contribution in [3.63, 3.8) is 0 Å². The number of carbonyl (C=O) groups is 1. The summed E-state index contributed by atoms with van der Waals surface area (Å²) in [5.41, 5.74) is 1.10. The van der Waals surface area contributed by atoms with Crippen molar-refractivity contribution >= 4 is 23.2 Å². The average Bonchev–Trinajstić information content (AvgIpc) is 2.25. The number of allylic oxidation sites excluding steroid dienone is 2. The van der Waals surface area contributed by atoms with Crippen LogP contribution in [-0.4, -0.2) is 25.0 Å². The SMILES string of the molecule is CC(=O)/C(Sc1ccc(N(C)C)cc1)=C(/C)O. The van der Waals surface area contributed by atoms with Gasteiger partial charge in [-0.1, -0.05) is 11.8 Å². The van der Waals surface area contributed by atoms with E-state index in [2.05, 4.69) is 0 Å². The molecule has 0 aliphatic carbocycles. The molecule has 4 heteroatoms. The highest BCUT2D eigenvalue weighted by Gasteiger charge is 2.10. The van der Waals surface area contributed by atoms with Gasteiger partial charge < -0.3 is 10.0 Å². The molecule has 1 N–H and O–H groups in total. The molecule has 0 aliphatic rings. The van der Waals surface area contributed by atoms with Gasteiger partial charge in [0.25, 0.3) is 0 Å². The van der Waals surface area contributed by atoms with Gasteiger partial charge in [-0.3, -0.25) is 4.79 Å². The first-order chi connectivity index (χ1) is 7.91. The summed E-state index contributed by atoms with van der Waals surface area (Å²) in [5.74, 6) is -0.0501. The molecule has 1 rings (SSSR count). The third-order valence-corrected chi connectivity index (χ3v) is 3.52. The number of carbonyl (C=O) groups excluding carboxylic acids is 1. The Morgan fingerprint density at radius 2 is 1.71 bits per heavy atom. The molecule has 0 saturated heterocycles. The van der Waals surface area contributed by atoms with Crippen LogP contribution in [-0.2, 0) is 4.79 Å². The molecule has 0 radical (unpaired) electrons. The minimum Gasteiger partial charge on any atom is -0.511 e. The second-order valence-electron chi connectivity index (χ2n) is 3.96. The van der Waals surface area contributed by atoms with Gasteiger partial charge in [-0.25, -0.2) is 0 Å². The van der Waals surface area contributed by atoms with Crippen LogP contribution >= 0.6 is 11.8 Å². The van der Waals surface area contributed by atoms with Crippen LogP contribution in [0.3, 0.4) is 0 Å². The lowest BCUT2D eigenvalue weighted by Crippen LogP contribution is -2.07. The molecular weight excluding hydrogens is 234 g/mol. The highest BCUT2D eigenvalue weighted by molar-refractivity contribution is 8.04. The molecule has 92 valence electrons. The molecule has 1 aromatic carbocycles. The Morgan fingerprint density at radius 3 is 2.06 bits per heavy atom. The van der Waals surface area contributed by atoms with E-state index in [1.54, 1.807) is 0 Å². The number of hydrogen-bond donors (Lipinski definition) is 1.